The Labute approximate surface area is 208 Å². The Balaban J connectivity index is 1.67. The van der Waals surface area contributed by atoms with Crippen molar-refractivity contribution in [2.24, 2.45) is 5.92 Å². The number of hydrogen-bond acceptors (Lipinski definition) is 10. The van der Waals surface area contributed by atoms with Crippen LogP contribution in [0.3, 0.4) is 0 Å². The van der Waals surface area contributed by atoms with Gasteiger partial charge in [0.1, 0.15) is 42.5 Å². The molecule has 5 N–H and O–H groups in total. The van der Waals surface area contributed by atoms with E-state index in [1.54, 1.807) is 18.1 Å². The quantitative estimate of drug-likeness (QED) is 0.205. The van der Waals surface area contributed by atoms with Gasteiger partial charge in [-0.15, -0.1) is 23.4 Å². The summed E-state index contributed by atoms with van der Waals surface area (Å²) in [5.74, 6) is -0.527. The number of hydrogen-bond donors (Lipinski definition) is 5. The lowest BCUT2D eigenvalue weighted by atomic mass is 9.92. The highest BCUT2D eigenvalue weighted by Crippen LogP contribution is 2.31. The third-order valence-electron chi connectivity index (χ3n) is 6.38. The van der Waals surface area contributed by atoms with Crippen LogP contribution in [0.15, 0.2) is 12.7 Å². The normalized spacial score (nSPS) is 37.8. The number of nitrogens with one attached hydrogen (secondary N) is 2. The van der Waals surface area contributed by atoms with Crippen molar-refractivity contribution in [1.82, 2.24) is 15.5 Å². The maximum atomic E-state index is 13.2. The Morgan fingerprint density at radius 2 is 2.09 bits per heavy atom. The van der Waals surface area contributed by atoms with Crippen LogP contribution in [0.4, 0.5) is 4.79 Å². The molecule has 0 aromatic heterocycles. The summed E-state index contributed by atoms with van der Waals surface area (Å²) in [6.45, 7) is 6.71. The van der Waals surface area contributed by atoms with Crippen LogP contribution in [0.1, 0.15) is 6.92 Å². The van der Waals surface area contributed by atoms with Crippen molar-refractivity contribution in [2.45, 2.75) is 60.3 Å². The van der Waals surface area contributed by atoms with Crippen molar-refractivity contribution in [1.29, 1.82) is 0 Å². The number of aliphatic hydroxyl groups excluding tert-OH is 3. The van der Waals surface area contributed by atoms with Crippen LogP contribution in [-0.2, 0) is 19.0 Å². The molecule has 0 aromatic rings. The van der Waals surface area contributed by atoms with Gasteiger partial charge in [-0.25, -0.2) is 4.79 Å². The van der Waals surface area contributed by atoms with Crippen LogP contribution in [0.2, 0.25) is 0 Å². The molecular weight excluding hydrogens is 490 g/mol. The van der Waals surface area contributed by atoms with E-state index in [0.717, 1.165) is 0 Å². The number of halogens is 1. The van der Waals surface area contributed by atoms with E-state index in [-0.39, 0.29) is 19.1 Å². The Bertz CT molecular complexity index is 732. The molecule has 3 rings (SSSR count). The van der Waals surface area contributed by atoms with E-state index in [0.29, 0.717) is 19.6 Å². The Kier molecular flexibility index (Phi) is 9.87. The lowest BCUT2D eigenvalue weighted by Gasteiger charge is -2.44. The minimum absolute atomic E-state index is 0.115. The number of fused-ring (bicyclic) bond motifs is 1. The summed E-state index contributed by atoms with van der Waals surface area (Å²) < 4.78 is 16.9. The molecule has 2 amide bonds. The zero-order valence-electron chi connectivity index (χ0n) is 19.2. The minimum atomic E-state index is -1.45. The van der Waals surface area contributed by atoms with E-state index in [4.69, 9.17) is 25.8 Å². The van der Waals surface area contributed by atoms with Gasteiger partial charge < -0.3 is 45.1 Å². The van der Waals surface area contributed by atoms with Crippen LogP contribution in [-0.4, -0.2) is 125 Å². The van der Waals surface area contributed by atoms with Crippen molar-refractivity contribution in [3.05, 3.63) is 12.7 Å². The molecule has 11 nitrogen and oxygen atoms in total. The molecule has 3 fully saturated rings. The first-order valence-electron chi connectivity index (χ1n) is 11.2. The molecule has 3 saturated heterocycles. The SMILES string of the molecule is C=CCOC(=O)N1CCO[C@@H]2[C@H](CN[C@@H]2C(=O)N[C@@H](C2OC(SC)C(O)C(O)C2O)[C@H](C)Cl)C1. The molecule has 5 unspecified atom stereocenters. The molecule has 0 spiro atoms. The molecule has 34 heavy (non-hydrogen) atoms. The molecule has 0 aliphatic carbocycles. The average Bonchev–Trinajstić information content (AvgIpc) is 3.09. The largest absolute Gasteiger partial charge is 0.445 e. The summed E-state index contributed by atoms with van der Waals surface area (Å²) in [6.07, 6.45) is -2.94. The first-order valence-corrected chi connectivity index (χ1v) is 13.0. The van der Waals surface area contributed by atoms with Crippen LogP contribution in [0.5, 0.6) is 0 Å². The molecule has 3 aliphatic heterocycles. The summed E-state index contributed by atoms with van der Waals surface area (Å²) >= 11 is 7.54. The second-order valence-electron chi connectivity index (χ2n) is 8.68. The second-order valence-corrected chi connectivity index (χ2v) is 10.3. The Morgan fingerprint density at radius 1 is 1.35 bits per heavy atom. The maximum absolute atomic E-state index is 13.2. The van der Waals surface area contributed by atoms with Crippen molar-refractivity contribution >= 4 is 35.4 Å². The molecule has 0 aromatic carbocycles. The third-order valence-corrected chi connectivity index (χ3v) is 7.51. The predicted molar refractivity (Wildman–Crippen MR) is 126 cm³/mol. The van der Waals surface area contributed by atoms with Gasteiger partial charge in [-0.05, 0) is 13.2 Å². The highest BCUT2D eigenvalue weighted by Gasteiger charge is 2.49. The van der Waals surface area contributed by atoms with Gasteiger partial charge >= 0.3 is 6.09 Å². The zero-order chi connectivity index (χ0) is 25.0. The first kappa shape index (κ1) is 27.5. The number of rotatable bonds is 7. The number of thioether (sulfide) groups is 1. The zero-order valence-corrected chi connectivity index (χ0v) is 20.8. The first-order chi connectivity index (χ1) is 16.2. The Hall–Kier alpha value is -1.12. The van der Waals surface area contributed by atoms with Crippen molar-refractivity contribution < 1.29 is 39.1 Å². The maximum Gasteiger partial charge on any atom is 0.410 e. The highest BCUT2D eigenvalue weighted by molar-refractivity contribution is 7.99. The number of aliphatic hydroxyl groups is 3. The molecule has 3 heterocycles. The van der Waals surface area contributed by atoms with Crippen LogP contribution in [0, 0.1) is 5.92 Å². The number of ether oxygens (including phenoxy) is 3. The average molecular weight is 524 g/mol. The minimum Gasteiger partial charge on any atom is -0.445 e. The number of amides is 2. The van der Waals surface area contributed by atoms with E-state index >= 15 is 0 Å². The van der Waals surface area contributed by atoms with Crippen molar-refractivity contribution in [3.8, 4) is 0 Å². The predicted octanol–water partition coefficient (Wildman–Crippen LogP) is -1.12. The molecule has 10 atom stereocenters. The van der Waals surface area contributed by atoms with E-state index in [9.17, 15) is 24.9 Å². The van der Waals surface area contributed by atoms with Crippen molar-refractivity contribution in [3.63, 3.8) is 0 Å². The molecule has 3 aliphatic rings. The van der Waals surface area contributed by atoms with Crippen LogP contribution in [0.25, 0.3) is 0 Å². The summed E-state index contributed by atoms with van der Waals surface area (Å²) in [6, 6.07) is -1.56. The fourth-order valence-corrected chi connectivity index (χ4v) is 5.45. The number of alkyl halides is 1. The molecule has 0 bridgehead atoms. The summed E-state index contributed by atoms with van der Waals surface area (Å²) in [5, 5.41) is 36.3. The molecule has 13 heteroatoms. The van der Waals surface area contributed by atoms with Gasteiger partial charge in [0.2, 0.25) is 5.91 Å². The molecule has 194 valence electrons. The molecule has 0 radical (unpaired) electrons. The third kappa shape index (κ3) is 5.98. The number of nitrogens with zero attached hydrogens (tertiary/aromatic N) is 1. The monoisotopic (exact) mass is 523 g/mol. The van der Waals surface area contributed by atoms with Crippen molar-refractivity contribution in [2.75, 3.05) is 39.1 Å². The fourth-order valence-electron chi connectivity index (χ4n) is 4.56. The van der Waals surface area contributed by atoms with Gasteiger partial charge in [-0.2, -0.15) is 0 Å². The summed E-state index contributed by atoms with van der Waals surface area (Å²) in [5.41, 5.74) is -0.788. The fraction of sp³-hybridized carbons (Fsp3) is 0.810. The van der Waals surface area contributed by atoms with E-state index in [1.165, 1.54) is 17.8 Å². The molecular formula is C21H34ClN3O8S. The number of carbonyl (C=O) groups excluding carboxylic acids is 2. The second kappa shape index (κ2) is 12.2. The van der Waals surface area contributed by atoms with Gasteiger partial charge in [-0.1, -0.05) is 12.7 Å². The van der Waals surface area contributed by atoms with E-state index in [1.807, 2.05) is 0 Å². The van der Waals surface area contributed by atoms with E-state index in [2.05, 4.69) is 17.2 Å². The van der Waals surface area contributed by atoms with Gasteiger partial charge in [0, 0.05) is 25.6 Å². The van der Waals surface area contributed by atoms with E-state index < -0.39 is 65.4 Å². The summed E-state index contributed by atoms with van der Waals surface area (Å²) in [7, 11) is 0. The van der Waals surface area contributed by atoms with Crippen LogP contribution < -0.4 is 10.6 Å². The standard InChI is InChI=1S/C21H34ClN3O8S/c1-4-6-32-21(30)25-5-7-31-17-11(9-25)8-23-13(17)19(29)24-12(10(2)22)18-15(27)14(26)16(28)20(33-18)34-3/h4,10-18,20,23,26-28H,1,5-9H2,2-3H3,(H,24,29)/t10-,11+,12+,13-,14?,15?,16?,17+,18?,20?/m0/s1. The van der Waals surface area contributed by atoms with Crippen LogP contribution >= 0.6 is 23.4 Å². The summed E-state index contributed by atoms with van der Waals surface area (Å²) in [4.78, 5) is 27.1. The van der Waals surface area contributed by atoms with Gasteiger partial charge in [-0.3, -0.25) is 4.79 Å². The topological polar surface area (TPSA) is 150 Å². The smallest absolute Gasteiger partial charge is 0.410 e. The Morgan fingerprint density at radius 3 is 2.74 bits per heavy atom. The van der Waals surface area contributed by atoms with Gasteiger partial charge in [0.05, 0.1) is 24.1 Å². The highest BCUT2D eigenvalue weighted by atomic mass is 35.5. The number of carbonyl (C=O) groups is 2. The molecule has 0 saturated carbocycles. The van der Waals surface area contributed by atoms with Gasteiger partial charge in [0.15, 0.2) is 0 Å². The van der Waals surface area contributed by atoms with Gasteiger partial charge in [0.25, 0.3) is 0 Å². The lowest BCUT2D eigenvalue weighted by Crippen LogP contribution is -2.65. The lowest BCUT2D eigenvalue weighted by molar-refractivity contribution is -0.205.